The lowest BCUT2D eigenvalue weighted by molar-refractivity contribution is -0.134. The Morgan fingerprint density at radius 2 is 1.52 bits per heavy atom. The number of fused-ring (bicyclic) bond motifs is 2. The minimum absolute atomic E-state index is 0.0774. The van der Waals surface area contributed by atoms with E-state index >= 15 is 0 Å². The Bertz CT molecular complexity index is 947. The summed E-state index contributed by atoms with van der Waals surface area (Å²) in [6.45, 7) is 9.97. The number of aliphatic hydroxyl groups excluding tert-OH is 1. The number of hydrogen-bond donors (Lipinski definition) is 5. The third kappa shape index (κ3) is 13.4. The van der Waals surface area contributed by atoms with Crippen LogP contribution in [0.15, 0.2) is 24.3 Å². The maximum Gasteiger partial charge on any atom is 0.243 e. The molecule has 2 rings (SSSR count). The summed E-state index contributed by atoms with van der Waals surface area (Å²) < 4.78 is 0. The lowest BCUT2D eigenvalue weighted by atomic mass is 9.96. The van der Waals surface area contributed by atoms with Crippen LogP contribution in [0.25, 0.3) is 0 Å². The molecule has 2 bridgehead atoms. The Balaban J connectivity index is 0.00000391. The van der Waals surface area contributed by atoms with Crippen molar-refractivity contribution in [3.63, 3.8) is 0 Å². The Morgan fingerprint density at radius 3 is 2.12 bits per heavy atom. The number of rotatable bonds is 4. The maximum absolute atomic E-state index is 13.3. The number of benzene rings is 1. The van der Waals surface area contributed by atoms with Crippen LogP contribution in [-0.4, -0.2) is 72.0 Å². The van der Waals surface area contributed by atoms with Gasteiger partial charge in [0.2, 0.25) is 23.6 Å². The van der Waals surface area contributed by atoms with Crippen molar-refractivity contribution in [1.29, 1.82) is 0 Å². The van der Waals surface area contributed by atoms with Crippen molar-refractivity contribution in [2.75, 3.05) is 25.2 Å². The highest BCUT2D eigenvalue weighted by Gasteiger charge is 2.31. The molecule has 0 saturated heterocycles. The van der Waals surface area contributed by atoms with E-state index in [1.807, 2.05) is 33.8 Å². The monoisotopic (exact) mass is 596 g/mol. The van der Waals surface area contributed by atoms with Crippen LogP contribution in [0, 0.1) is 11.8 Å². The maximum atomic E-state index is 13.3. The average Bonchev–Trinajstić information content (AvgIpc) is 2.93. The standard InChI is InChI=1S/C28H44N4O4S2.CH4O/c1-6-19(4)25-28(36)29-11-13-38-17-22-9-7-8-21(15-22)16-37-12-10-24(33)30-20(5)26(34)31-23(14-18(2)3)27(35)32-25;1-2/h7-9,15,18-20,23,25H,6,10-14,16-17H2,1-5H3,(H,29,36)(H,30,33)(H,31,34)(H,32,35);2H,1H3/t19-,20+,23-,25-;/m0./s1. The summed E-state index contributed by atoms with van der Waals surface area (Å²) in [7, 11) is 1.00. The minimum atomic E-state index is -0.806. The molecule has 0 saturated carbocycles. The number of amides is 4. The molecule has 9 nitrogen and oxygen atoms in total. The molecule has 40 heavy (non-hydrogen) atoms. The number of hydrogen-bond acceptors (Lipinski definition) is 7. The zero-order chi connectivity index (χ0) is 30.1. The van der Waals surface area contributed by atoms with Crippen molar-refractivity contribution in [2.45, 2.75) is 83.5 Å². The second-order valence-corrected chi connectivity index (χ2v) is 12.5. The summed E-state index contributed by atoms with van der Waals surface area (Å²) >= 11 is 3.42. The molecular weight excluding hydrogens is 548 g/mol. The lowest BCUT2D eigenvalue weighted by Gasteiger charge is -2.28. The summed E-state index contributed by atoms with van der Waals surface area (Å²) in [5, 5.41) is 18.4. The van der Waals surface area contributed by atoms with Gasteiger partial charge in [0, 0.05) is 43.1 Å². The van der Waals surface area contributed by atoms with Crippen LogP contribution < -0.4 is 21.3 Å². The Hall–Kier alpha value is -2.24. The van der Waals surface area contributed by atoms with E-state index in [1.54, 1.807) is 30.4 Å². The molecule has 1 aliphatic rings. The van der Waals surface area contributed by atoms with E-state index < -0.39 is 24.0 Å². The molecule has 0 spiro atoms. The number of carbonyl (C=O) groups excluding carboxylic acids is 4. The normalized spacial score (nSPS) is 23.1. The highest BCUT2D eigenvalue weighted by atomic mass is 32.2. The second kappa shape index (κ2) is 19.8. The molecule has 5 N–H and O–H groups in total. The topological polar surface area (TPSA) is 137 Å². The molecule has 4 atom stereocenters. The molecule has 226 valence electrons. The van der Waals surface area contributed by atoms with Gasteiger partial charge in [-0.25, -0.2) is 0 Å². The zero-order valence-electron chi connectivity index (χ0n) is 24.7. The summed E-state index contributed by atoms with van der Waals surface area (Å²) in [4.78, 5) is 51.7. The van der Waals surface area contributed by atoms with E-state index in [0.717, 1.165) is 24.4 Å². The van der Waals surface area contributed by atoms with Gasteiger partial charge >= 0.3 is 0 Å². The van der Waals surface area contributed by atoms with Crippen LogP contribution in [0.3, 0.4) is 0 Å². The van der Waals surface area contributed by atoms with Gasteiger partial charge in [0.15, 0.2) is 0 Å². The van der Waals surface area contributed by atoms with Gasteiger partial charge in [-0.1, -0.05) is 58.4 Å². The number of carbonyl (C=O) groups is 4. The van der Waals surface area contributed by atoms with E-state index in [1.165, 1.54) is 11.1 Å². The van der Waals surface area contributed by atoms with Gasteiger partial charge in [-0.2, -0.15) is 23.5 Å². The fourth-order valence-electron chi connectivity index (χ4n) is 4.05. The Kier molecular flexibility index (Phi) is 17.7. The van der Waals surface area contributed by atoms with Crippen LogP contribution >= 0.6 is 23.5 Å². The Morgan fingerprint density at radius 1 is 0.900 bits per heavy atom. The predicted octanol–water partition coefficient (Wildman–Crippen LogP) is 2.85. The molecule has 1 aromatic rings. The molecule has 0 radical (unpaired) electrons. The summed E-state index contributed by atoms with van der Waals surface area (Å²) in [5.74, 6) is 1.88. The fourth-order valence-corrected chi connectivity index (χ4v) is 5.74. The van der Waals surface area contributed by atoms with Gasteiger partial charge in [0.05, 0.1) is 0 Å². The van der Waals surface area contributed by atoms with Crippen molar-refractivity contribution >= 4 is 47.2 Å². The smallest absolute Gasteiger partial charge is 0.243 e. The third-order valence-electron chi connectivity index (χ3n) is 6.45. The summed E-state index contributed by atoms with van der Waals surface area (Å²) in [6.07, 6.45) is 1.44. The van der Waals surface area contributed by atoms with Crippen molar-refractivity contribution in [1.82, 2.24) is 21.3 Å². The van der Waals surface area contributed by atoms with Crippen LogP contribution in [0.2, 0.25) is 0 Å². The molecule has 0 unspecified atom stereocenters. The first kappa shape index (κ1) is 35.8. The van der Waals surface area contributed by atoms with Gasteiger partial charge in [-0.05, 0) is 36.3 Å². The SMILES string of the molecule is CC[C@H](C)[C@@H]1NC(=O)[C@H](CC(C)C)NC(=O)[C@@H](C)NC(=O)CCSCc2cccc(c2)CSCCNC1=O.CO. The van der Waals surface area contributed by atoms with Crippen molar-refractivity contribution in [3.8, 4) is 0 Å². The molecule has 1 heterocycles. The first-order chi connectivity index (χ1) is 19.1. The summed E-state index contributed by atoms with van der Waals surface area (Å²) in [5.41, 5.74) is 2.43. The molecule has 1 aliphatic heterocycles. The van der Waals surface area contributed by atoms with Crippen LogP contribution in [0.4, 0.5) is 0 Å². The first-order valence-electron chi connectivity index (χ1n) is 14.0. The van der Waals surface area contributed by atoms with Gasteiger partial charge in [-0.3, -0.25) is 19.2 Å². The van der Waals surface area contributed by atoms with Crippen molar-refractivity contribution in [3.05, 3.63) is 35.4 Å². The van der Waals surface area contributed by atoms with Crippen LogP contribution in [-0.2, 0) is 30.7 Å². The highest BCUT2D eigenvalue weighted by molar-refractivity contribution is 7.98. The van der Waals surface area contributed by atoms with Crippen molar-refractivity contribution < 1.29 is 24.3 Å². The molecule has 1 aromatic carbocycles. The first-order valence-corrected chi connectivity index (χ1v) is 16.3. The fraction of sp³-hybridized carbons (Fsp3) is 0.655. The van der Waals surface area contributed by atoms with E-state index in [4.69, 9.17) is 5.11 Å². The van der Waals surface area contributed by atoms with Gasteiger partial charge < -0.3 is 26.4 Å². The third-order valence-corrected chi connectivity index (χ3v) is 8.51. The molecule has 0 aromatic heterocycles. The number of nitrogens with one attached hydrogen (secondary N) is 4. The minimum Gasteiger partial charge on any atom is -0.400 e. The predicted molar refractivity (Wildman–Crippen MR) is 165 cm³/mol. The number of aliphatic hydroxyl groups is 1. The van der Waals surface area contributed by atoms with Gasteiger partial charge in [0.1, 0.15) is 18.1 Å². The van der Waals surface area contributed by atoms with E-state index in [9.17, 15) is 19.2 Å². The molecule has 11 heteroatoms. The van der Waals surface area contributed by atoms with Crippen LogP contribution in [0.5, 0.6) is 0 Å². The van der Waals surface area contributed by atoms with E-state index in [-0.39, 0.29) is 29.6 Å². The Labute approximate surface area is 248 Å². The molecule has 0 fully saturated rings. The molecule has 4 amide bonds. The number of thioether (sulfide) groups is 2. The van der Waals surface area contributed by atoms with Gasteiger partial charge in [-0.15, -0.1) is 0 Å². The van der Waals surface area contributed by atoms with E-state index in [0.29, 0.717) is 31.6 Å². The average molecular weight is 597 g/mol. The summed E-state index contributed by atoms with van der Waals surface area (Å²) in [6, 6.07) is 6.12. The molecular formula is C29H48N4O5S2. The van der Waals surface area contributed by atoms with Crippen LogP contribution in [0.1, 0.15) is 65.0 Å². The quantitative estimate of drug-likeness (QED) is 0.361. The second-order valence-electron chi connectivity index (χ2n) is 10.3. The van der Waals surface area contributed by atoms with Gasteiger partial charge in [0.25, 0.3) is 0 Å². The highest BCUT2D eigenvalue weighted by Crippen LogP contribution is 2.18. The lowest BCUT2D eigenvalue weighted by Crippen LogP contribution is -2.58. The largest absolute Gasteiger partial charge is 0.400 e. The van der Waals surface area contributed by atoms with Crippen molar-refractivity contribution in [2.24, 2.45) is 11.8 Å². The van der Waals surface area contributed by atoms with E-state index in [2.05, 4.69) is 39.5 Å². The zero-order valence-corrected chi connectivity index (χ0v) is 26.4. The molecule has 0 aliphatic carbocycles.